The number of carbonyl (C=O) groups excluding carboxylic acids is 1. The Morgan fingerprint density at radius 3 is 2.50 bits per heavy atom. The maximum atomic E-state index is 13.0. The number of alkyl halides is 3. The van der Waals surface area contributed by atoms with E-state index in [1.165, 1.54) is 53.4 Å². The molecule has 0 radical (unpaired) electrons. The Hall–Kier alpha value is -3.64. The van der Waals surface area contributed by atoms with Gasteiger partial charge in [-0.05, 0) is 42.0 Å². The van der Waals surface area contributed by atoms with Crippen molar-refractivity contribution in [3.05, 3.63) is 98.0 Å². The highest BCUT2D eigenvalue weighted by molar-refractivity contribution is 6.37. The highest BCUT2D eigenvalue weighted by Crippen LogP contribution is 2.38. The van der Waals surface area contributed by atoms with E-state index in [4.69, 9.17) is 38.8 Å². The number of aliphatic hydroxyl groups is 1. The van der Waals surface area contributed by atoms with Crippen LogP contribution in [0.1, 0.15) is 21.5 Å². The maximum absolute atomic E-state index is 13.0. The van der Waals surface area contributed by atoms with Crippen molar-refractivity contribution in [2.45, 2.75) is 18.9 Å². The average Bonchev–Trinajstić information content (AvgIpc) is 2.86. The summed E-state index contributed by atoms with van der Waals surface area (Å²) >= 11 is 12.5. The quantitative estimate of drug-likeness (QED) is 0.282. The van der Waals surface area contributed by atoms with Crippen molar-refractivity contribution in [3.63, 3.8) is 0 Å². The van der Waals surface area contributed by atoms with Gasteiger partial charge >= 0.3 is 6.18 Å². The lowest BCUT2D eigenvalue weighted by Gasteiger charge is -2.13. The van der Waals surface area contributed by atoms with Crippen LogP contribution in [0, 0.1) is 0 Å². The predicted octanol–water partition coefficient (Wildman–Crippen LogP) is 4.57. The monoisotopic (exact) mass is 566 g/mol. The van der Waals surface area contributed by atoms with Gasteiger partial charge in [0.05, 0.1) is 45.9 Å². The van der Waals surface area contributed by atoms with Crippen molar-refractivity contribution in [2.75, 3.05) is 6.54 Å². The molecule has 0 spiro atoms. The molecule has 3 aromatic carbocycles. The second-order valence-electron chi connectivity index (χ2n) is 8.20. The second kappa shape index (κ2) is 11.0. The van der Waals surface area contributed by atoms with Crippen molar-refractivity contribution in [3.8, 4) is 11.5 Å². The van der Waals surface area contributed by atoms with Crippen LogP contribution >= 0.6 is 23.2 Å². The molecule has 4 N–H and O–H groups in total. The van der Waals surface area contributed by atoms with Crippen LogP contribution in [0.5, 0.6) is 11.5 Å². The molecule has 0 aliphatic carbocycles. The number of hydrogen-bond donors (Lipinski definition) is 3. The Morgan fingerprint density at radius 1 is 1.13 bits per heavy atom. The molecule has 8 nitrogen and oxygen atoms in total. The van der Waals surface area contributed by atoms with Crippen molar-refractivity contribution < 1.29 is 27.8 Å². The third-order valence-corrected chi connectivity index (χ3v) is 5.92. The van der Waals surface area contributed by atoms with E-state index in [-0.39, 0.29) is 51.1 Å². The molecule has 4 aromatic rings. The molecule has 0 saturated carbocycles. The van der Waals surface area contributed by atoms with Gasteiger partial charge in [0.1, 0.15) is 12.0 Å². The Labute approximate surface area is 223 Å². The standard InChI is InChI=1S/C25H19Cl2F3N4O4/c26-18-7-14(23(36)32-10-21(31)35)8-19(27)22(18)38-16-4-5-17-20(9-16)33-12-34(24(17)37)11-13-2-1-3-15(6-13)25(28,29)30/h1-9,12,21,35H,10-11,31H2,(H,32,36). The molecule has 0 bridgehead atoms. The topological polar surface area (TPSA) is 119 Å². The number of hydrogen-bond acceptors (Lipinski definition) is 6. The normalized spacial score (nSPS) is 12.4. The van der Waals surface area contributed by atoms with E-state index in [0.717, 1.165) is 12.1 Å². The highest BCUT2D eigenvalue weighted by atomic mass is 35.5. The third-order valence-electron chi connectivity index (χ3n) is 5.36. The van der Waals surface area contributed by atoms with Gasteiger partial charge in [-0.2, -0.15) is 13.2 Å². The van der Waals surface area contributed by atoms with E-state index in [1.807, 2.05) is 0 Å². The Morgan fingerprint density at radius 2 is 1.84 bits per heavy atom. The molecule has 1 atom stereocenters. The molecule has 1 unspecified atom stereocenters. The van der Waals surface area contributed by atoms with Crippen LogP contribution in [-0.2, 0) is 12.7 Å². The number of benzene rings is 3. The molecular weight excluding hydrogens is 548 g/mol. The van der Waals surface area contributed by atoms with Gasteiger partial charge in [-0.3, -0.25) is 14.2 Å². The number of aromatic nitrogens is 2. The summed E-state index contributed by atoms with van der Waals surface area (Å²) in [5.74, 6) is -0.255. The first kappa shape index (κ1) is 27.4. The van der Waals surface area contributed by atoms with Crippen molar-refractivity contribution in [1.29, 1.82) is 0 Å². The van der Waals surface area contributed by atoms with E-state index in [1.54, 1.807) is 0 Å². The number of fused-ring (bicyclic) bond motifs is 1. The number of rotatable bonds is 7. The van der Waals surface area contributed by atoms with E-state index >= 15 is 0 Å². The maximum Gasteiger partial charge on any atom is 0.416 e. The lowest BCUT2D eigenvalue weighted by molar-refractivity contribution is -0.137. The first-order chi connectivity index (χ1) is 17.9. The van der Waals surface area contributed by atoms with Gasteiger partial charge in [-0.25, -0.2) is 4.98 Å². The fraction of sp³-hybridized carbons (Fsp3) is 0.160. The van der Waals surface area contributed by atoms with Crippen LogP contribution in [0.4, 0.5) is 13.2 Å². The minimum Gasteiger partial charge on any atom is -0.454 e. The zero-order chi connectivity index (χ0) is 27.6. The van der Waals surface area contributed by atoms with E-state index in [2.05, 4.69) is 10.3 Å². The summed E-state index contributed by atoms with van der Waals surface area (Å²) in [6, 6.07) is 11.8. The number of aliphatic hydroxyl groups excluding tert-OH is 1. The first-order valence-corrected chi connectivity index (χ1v) is 11.7. The fourth-order valence-corrected chi connectivity index (χ4v) is 4.13. The molecule has 1 aromatic heterocycles. The summed E-state index contributed by atoms with van der Waals surface area (Å²) in [5.41, 5.74) is 4.64. The zero-order valence-electron chi connectivity index (χ0n) is 19.3. The highest BCUT2D eigenvalue weighted by Gasteiger charge is 2.30. The number of ether oxygens (including phenoxy) is 1. The lowest BCUT2D eigenvalue weighted by atomic mass is 10.1. The predicted molar refractivity (Wildman–Crippen MR) is 136 cm³/mol. The number of nitrogens with one attached hydrogen (secondary N) is 1. The first-order valence-electron chi connectivity index (χ1n) is 11.0. The zero-order valence-corrected chi connectivity index (χ0v) is 20.8. The molecule has 1 heterocycles. The van der Waals surface area contributed by atoms with Gasteiger partial charge < -0.3 is 20.9 Å². The summed E-state index contributed by atoms with van der Waals surface area (Å²) in [6.45, 7) is -0.266. The molecular formula is C25H19Cl2F3N4O4. The lowest BCUT2D eigenvalue weighted by Crippen LogP contribution is -2.36. The van der Waals surface area contributed by atoms with Crippen LogP contribution < -0.4 is 21.3 Å². The summed E-state index contributed by atoms with van der Waals surface area (Å²) in [4.78, 5) is 29.4. The van der Waals surface area contributed by atoms with Crippen LogP contribution in [0.15, 0.2) is 65.7 Å². The molecule has 0 saturated heterocycles. The summed E-state index contributed by atoms with van der Waals surface area (Å²) in [5, 5.41) is 11.8. The van der Waals surface area contributed by atoms with E-state index in [9.17, 15) is 22.8 Å². The molecule has 4 rings (SSSR count). The average molecular weight is 567 g/mol. The number of amides is 1. The van der Waals surface area contributed by atoms with Gasteiger partial charge in [0.25, 0.3) is 11.5 Å². The van der Waals surface area contributed by atoms with Crippen molar-refractivity contribution in [2.24, 2.45) is 5.73 Å². The summed E-state index contributed by atoms with van der Waals surface area (Å²) in [6.07, 6.45) is -4.48. The van der Waals surface area contributed by atoms with Crippen molar-refractivity contribution >= 4 is 40.0 Å². The molecule has 1 amide bonds. The molecule has 38 heavy (non-hydrogen) atoms. The van der Waals surface area contributed by atoms with E-state index < -0.39 is 29.4 Å². The van der Waals surface area contributed by atoms with Crippen molar-refractivity contribution in [1.82, 2.24) is 14.9 Å². The van der Waals surface area contributed by atoms with Crippen LogP contribution in [0.25, 0.3) is 10.9 Å². The molecule has 0 aliphatic rings. The van der Waals surface area contributed by atoms with Gasteiger partial charge in [0.2, 0.25) is 0 Å². The number of carbonyl (C=O) groups is 1. The Bertz CT molecular complexity index is 1550. The molecule has 0 aliphatic heterocycles. The second-order valence-corrected chi connectivity index (χ2v) is 9.02. The fourth-order valence-electron chi connectivity index (χ4n) is 3.56. The number of nitrogens with zero attached hydrogens (tertiary/aromatic N) is 2. The molecule has 0 fully saturated rings. The van der Waals surface area contributed by atoms with Gasteiger partial charge in [-0.15, -0.1) is 0 Å². The Balaban J connectivity index is 1.56. The minimum absolute atomic E-state index is 0.0282. The Kier molecular flexibility index (Phi) is 7.93. The minimum atomic E-state index is -4.49. The number of nitrogens with two attached hydrogens (primary N) is 1. The van der Waals surface area contributed by atoms with Crippen LogP contribution in [-0.4, -0.2) is 33.3 Å². The largest absolute Gasteiger partial charge is 0.454 e. The number of halogens is 5. The van der Waals surface area contributed by atoms with Gasteiger partial charge in [-0.1, -0.05) is 35.3 Å². The summed E-state index contributed by atoms with van der Waals surface area (Å²) < 4.78 is 46.0. The smallest absolute Gasteiger partial charge is 0.416 e. The van der Waals surface area contributed by atoms with Crippen LogP contribution in [0.3, 0.4) is 0 Å². The SMILES string of the molecule is NC(O)CNC(=O)c1cc(Cl)c(Oc2ccc3c(=O)n(Cc4cccc(C(F)(F)F)c4)cnc3c2)c(Cl)c1. The molecule has 198 valence electrons. The van der Waals surface area contributed by atoms with Gasteiger partial charge in [0.15, 0.2) is 5.75 Å². The summed E-state index contributed by atoms with van der Waals surface area (Å²) in [7, 11) is 0. The van der Waals surface area contributed by atoms with E-state index in [0.29, 0.717) is 5.56 Å². The van der Waals surface area contributed by atoms with Crippen LogP contribution in [0.2, 0.25) is 10.0 Å². The van der Waals surface area contributed by atoms with Gasteiger partial charge in [0, 0.05) is 11.6 Å². The molecule has 13 heteroatoms. The third kappa shape index (κ3) is 6.25.